The highest BCUT2D eigenvalue weighted by Crippen LogP contribution is 2.24. The van der Waals surface area contributed by atoms with Crippen molar-refractivity contribution in [1.82, 2.24) is 0 Å². The molecule has 2 aromatic carbocycles. The monoisotopic (exact) mass is 257 g/mol. The molecule has 0 aliphatic rings. The van der Waals surface area contributed by atoms with Gasteiger partial charge in [-0.2, -0.15) is 0 Å². The van der Waals surface area contributed by atoms with Gasteiger partial charge in [-0.25, -0.2) is 4.79 Å². The summed E-state index contributed by atoms with van der Waals surface area (Å²) in [7, 11) is 0. The number of carboxylic acid groups (broad SMARTS) is 1. The maximum Gasteiger partial charge on any atom is 0.335 e. The smallest absolute Gasteiger partial charge is 0.335 e. The van der Waals surface area contributed by atoms with Crippen LogP contribution in [0.2, 0.25) is 0 Å². The average molecular weight is 257 g/mol. The van der Waals surface area contributed by atoms with Gasteiger partial charge in [-0.15, -0.1) is 0 Å². The van der Waals surface area contributed by atoms with Gasteiger partial charge < -0.3 is 15.6 Å². The van der Waals surface area contributed by atoms with Crippen molar-refractivity contribution in [1.29, 1.82) is 0 Å². The predicted molar refractivity (Wildman–Crippen MR) is 73.4 cm³/mol. The molecule has 19 heavy (non-hydrogen) atoms. The number of carbonyl (C=O) groups is 1. The van der Waals surface area contributed by atoms with Crippen molar-refractivity contribution in [2.24, 2.45) is 5.73 Å². The number of hydrogen-bond donors (Lipinski definition) is 2. The average Bonchev–Trinajstić information content (AvgIpc) is 2.45. The van der Waals surface area contributed by atoms with E-state index in [0.717, 1.165) is 16.9 Å². The molecule has 0 radical (unpaired) electrons. The predicted octanol–water partition coefficient (Wildman–Crippen LogP) is 2.39. The largest absolute Gasteiger partial charge is 0.492 e. The molecule has 0 unspecified atom stereocenters. The number of hydrogen-bond acceptors (Lipinski definition) is 3. The van der Waals surface area contributed by atoms with Crippen LogP contribution in [0.15, 0.2) is 48.5 Å². The Morgan fingerprint density at radius 2 is 1.79 bits per heavy atom. The minimum absolute atomic E-state index is 0.269. The van der Waals surface area contributed by atoms with Crippen LogP contribution in [0.1, 0.15) is 10.4 Å². The van der Waals surface area contributed by atoms with Gasteiger partial charge in [0.1, 0.15) is 12.4 Å². The summed E-state index contributed by atoms with van der Waals surface area (Å²) in [6, 6.07) is 14.3. The molecule has 0 heterocycles. The summed E-state index contributed by atoms with van der Waals surface area (Å²) in [5.74, 6) is -0.207. The van der Waals surface area contributed by atoms with E-state index < -0.39 is 5.97 Å². The Morgan fingerprint density at radius 3 is 2.47 bits per heavy atom. The molecule has 0 saturated heterocycles. The van der Waals surface area contributed by atoms with E-state index in [1.807, 2.05) is 30.3 Å². The molecular weight excluding hydrogens is 242 g/mol. The highest BCUT2D eigenvalue weighted by molar-refractivity contribution is 5.89. The molecule has 3 N–H and O–H groups in total. The van der Waals surface area contributed by atoms with E-state index in [4.69, 9.17) is 15.6 Å². The highest BCUT2D eigenvalue weighted by Gasteiger charge is 2.05. The van der Waals surface area contributed by atoms with Gasteiger partial charge in [-0.1, -0.05) is 24.3 Å². The van der Waals surface area contributed by atoms with Crippen LogP contribution in [0.5, 0.6) is 5.75 Å². The zero-order valence-electron chi connectivity index (χ0n) is 10.4. The van der Waals surface area contributed by atoms with E-state index in [1.165, 1.54) is 0 Å². The second-order valence-electron chi connectivity index (χ2n) is 4.05. The Balaban J connectivity index is 2.30. The molecule has 0 aromatic heterocycles. The standard InChI is InChI=1S/C15H15NO3/c16-7-8-19-14-6-2-4-12(10-14)11-3-1-5-13(9-11)15(17)18/h1-6,9-10H,7-8,16H2,(H,17,18). The second-order valence-corrected chi connectivity index (χ2v) is 4.05. The van der Waals surface area contributed by atoms with Crippen molar-refractivity contribution in [2.75, 3.05) is 13.2 Å². The summed E-state index contributed by atoms with van der Waals surface area (Å²) in [6.45, 7) is 0.914. The van der Waals surface area contributed by atoms with Gasteiger partial charge in [-0.3, -0.25) is 0 Å². The number of benzene rings is 2. The lowest BCUT2D eigenvalue weighted by molar-refractivity contribution is 0.0697. The van der Waals surface area contributed by atoms with E-state index >= 15 is 0 Å². The minimum Gasteiger partial charge on any atom is -0.492 e. The Bertz CT molecular complexity index is 581. The highest BCUT2D eigenvalue weighted by atomic mass is 16.5. The van der Waals surface area contributed by atoms with Gasteiger partial charge in [0, 0.05) is 6.54 Å². The number of carboxylic acids is 1. The van der Waals surface area contributed by atoms with Crippen molar-refractivity contribution in [3.05, 3.63) is 54.1 Å². The molecule has 0 fully saturated rings. The zero-order chi connectivity index (χ0) is 13.7. The molecule has 0 spiro atoms. The summed E-state index contributed by atoms with van der Waals surface area (Å²) in [4.78, 5) is 11.0. The second kappa shape index (κ2) is 6.02. The first-order valence-electron chi connectivity index (χ1n) is 5.97. The van der Waals surface area contributed by atoms with Crippen LogP contribution in [-0.4, -0.2) is 24.2 Å². The maximum absolute atomic E-state index is 11.0. The molecule has 2 rings (SSSR count). The Labute approximate surface area is 111 Å². The van der Waals surface area contributed by atoms with Crippen LogP contribution < -0.4 is 10.5 Å². The molecule has 0 aliphatic carbocycles. The van der Waals surface area contributed by atoms with Crippen molar-refractivity contribution in [2.45, 2.75) is 0 Å². The first-order valence-corrected chi connectivity index (χ1v) is 5.97. The topological polar surface area (TPSA) is 72.5 Å². The molecular formula is C15H15NO3. The van der Waals surface area contributed by atoms with Crippen LogP contribution >= 0.6 is 0 Å². The molecule has 98 valence electrons. The van der Waals surface area contributed by atoms with Gasteiger partial charge >= 0.3 is 5.97 Å². The van der Waals surface area contributed by atoms with Gasteiger partial charge in [0.05, 0.1) is 5.56 Å². The van der Waals surface area contributed by atoms with E-state index in [9.17, 15) is 4.79 Å². The SMILES string of the molecule is NCCOc1cccc(-c2cccc(C(=O)O)c2)c1. The lowest BCUT2D eigenvalue weighted by Gasteiger charge is -2.07. The fourth-order valence-electron chi connectivity index (χ4n) is 1.77. The normalized spacial score (nSPS) is 10.2. The third-order valence-corrected chi connectivity index (χ3v) is 2.66. The van der Waals surface area contributed by atoms with Crippen molar-refractivity contribution in [3.63, 3.8) is 0 Å². The molecule has 0 aliphatic heterocycles. The molecule has 0 saturated carbocycles. The van der Waals surface area contributed by atoms with Gasteiger partial charge in [0.25, 0.3) is 0 Å². The van der Waals surface area contributed by atoms with Crippen LogP contribution in [0.25, 0.3) is 11.1 Å². The summed E-state index contributed by atoms with van der Waals surface area (Å²) in [5.41, 5.74) is 7.42. The number of aromatic carboxylic acids is 1. The summed E-state index contributed by atoms with van der Waals surface area (Å²) < 4.78 is 5.45. The Hall–Kier alpha value is -2.33. The van der Waals surface area contributed by atoms with E-state index in [0.29, 0.717) is 13.2 Å². The van der Waals surface area contributed by atoms with Crippen molar-refractivity contribution < 1.29 is 14.6 Å². The molecule has 0 bridgehead atoms. The number of rotatable bonds is 5. The lowest BCUT2D eigenvalue weighted by atomic mass is 10.0. The van der Waals surface area contributed by atoms with E-state index in [1.54, 1.807) is 18.2 Å². The van der Waals surface area contributed by atoms with Crippen LogP contribution in [-0.2, 0) is 0 Å². The first kappa shape index (κ1) is 13.1. The molecule has 4 nitrogen and oxygen atoms in total. The van der Waals surface area contributed by atoms with Gasteiger partial charge in [-0.05, 0) is 35.4 Å². The van der Waals surface area contributed by atoms with Gasteiger partial charge in [0.15, 0.2) is 0 Å². The quantitative estimate of drug-likeness (QED) is 0.862. The first-order chi connectivity index (χ1) is 9.20. The molecule has 0 amide bonds. The Morgan fingerprint density at radius 1 is 1.11 bits per heavy atom. The maximum atomic E-state index is 11.0. The lowest BCUT2D eigenvalue weighted by Crippen LogP contribution is -2.10. The van der Waals surface area contributed by atoms with E-state index in [-0.39, 0.29) is 5.56 Å². The van der Waals surface area contributed by atoms with Crippen molar-refractivity contribution in [3.8, 4) is 16.9 Å². The summed E-state index contributed by atoms with van der Waals surface area (Å²) in [6.07, 6.45) is 0. The Kier molecular flexibility index (Phi) is 4.15. The zero-order valence-corrected chi connectivity index (χ0v) is 10.4. The van der Waals surface area contributed by atoms with Gasteiger partial charge in [0.2, 0.25) is 0 Å². The number of nitrogens with two attached hydrogens (primary N) is 1. The molecule has 2 aromatic rings. The molecule has 0 atom stereocenters. The fraction of sp³-hybridized carbons (Fsp3) is 0.133. The summed E-state index contributed by atoms with van der Waals surface area (Å²) in [5, 5.41) is 8.99. The summed E-state index contributed by atoms with van der Waals surface area (Å²) >= 11 is 0. The van der Waals surface area contributed by atoms with Crippen LogP contribution in [0.3, 0.4) is 0 Å². The van der Waals surface area contributed by atoms with Crippen molar-refractivity contribution >= 4 is 5.97 Å². The minimum atomic E-state index is -0.933. The fourth-order valence-corrected chi connectivity index (χ4v) is 1.77. The van der Waals surface area contributed by atoms with Crippen LogP contribution in [0, 0.1) is 0 Å². The molecule has 4 heteroatoms. The number of ether oxygens (including phenoxy) is 1. The third kappa shape index (κ3) is 3.33. The van der Waals surface area contributed by atoms with Crippen LogP contribution in [0.4, 0.5) is 0 Å². The third-order valence-electron chi connectivity index (χ3n) is 2.66. The van der Waals surface area contributed by atoms with E-state index in [2.05, 4.69) is 0 Å².